The molecule has 0 bridgehead atoms. The van der Waals surface area contributed by atoms with Gasteiger partial charge in [0.25, 0.3) is 5.91 Å². The monoisotopic (exact) mass is 385 g/mol. The highest BCUT2D eigenvalue weighted by atomic mass is 127. The highest BCUT2D eigenvalue weighted by Crippen LogP contribution is 2.20. The smallest absolute Gasteiger partial charge is 0.254 e. The van der Waals surface area contributed by atoms with Crippen LogP contribution in [0.25, 0.3) is 0 Å². The van der Waals surface area contributed by atoms with Gasteiger partial charge in [-0.2, -0.15) is 0 Å². The highest BCUT2D eigenvalue weighted by Gasteiger charge is 2.31. The Morgan fingerprint density at radius 3 is 2.70 bits per heavy atom. The van der Waals surface area contributed by atoms with Crippen LogP contribution >= 0.6 is 22.6 Å². The van der Waals surface area contributed by atoms with Crippen LogP contribution in [0.15, 0.2) is 24.3 Å². The van der Waals surface area contributed by atoms with Crippen molar-refractivity contribution >= 4 is 28.5 Å². The summed E-state index contributed by atoms with van der Waals surface area (Å²) >= 11 is 2.24. The molecule has 1 aromatic rings. The van der Waals surface area contributed by atoms with E-state index in [-0.39, 0.29) is 5.91 Å². The maximum atomic E-state index is 12.6. The van der Waals surface area contributed by atoms with Crippen molar-refractivity contribution in [3.63, 3.8) is 0 Å². The summed E-state index contributed by atoms with van der Waals surface area (Å²) in [4.78, 5) is 17.1. The lowest BCUT2D eigenvalue weighted by Gasteiger charge is -2.32. The summed E-state index contributed by atoms with van der Waals surface area (Å²) in [6.45, 7) is 6.12. The average Bonchev–Trinajstić information content (AvgIpc) is 2.98. The van der Waals surface area contributed by atoms with Gasteiger partial charge < -0.3 is 10.2 Å². The van der Waals surface area contributed by atoms with Crippen molar-refractivity contribution in [1.82, 2.24) is 15.1 Å². The van der Waals surface area contributed by atoms with E-state index in [9.17, 15) is 4.79 Å². The maximum Gasteiger partial charge on any atom is 0.254 e. The van der Waals surface area contributed by atoms with Crippen LogP contribution in [-0.4, -0.2) is 61.0 Å². The molecule has 1 N–H and O–H groups in total. The van der Waals surface area contributed by atoms with Crippen LogP contribution in [0.4, 0.5) is 0 Å². The number of amides is 1. The first-order valence-electron chi connectivity index (χ1n) is 7.24. The lowest BCUT2D eigenvalue weighted by Crippen LogP contribution is -2.49. The standard InChI is InChI=1S/C15H20IN3O/c16-14-4-2-1-3-13(14)15(20)19-8-5-12(11-19)18-9-6-17-7-10-18/h1-4,12,17H,5-11H2. The number of halogens is 1. The molecule has 1 aromatic carbocycles. The van der Waals surface area contributed by atoms with Crippen LogP contribution in [0.3, 0.4) is 0 Å². The third-order valence-electron chi connectivity index (χ3n) is 4.22. The molecule has 2 aliphatic heterocycles. The first kappa shape index (κ1) is 14.3. The summed E-state index contributed by atoms with van der Waals surface area (Å²) in [5, 5.41) is 3.38. The number of benzene rings is 1. The van der Waals surface area contributed by atoms with Gasteiger partial charge in [0.1, 0.15) is 0 Å². The van der Waals surface area contributed by atoms with E-state index in [0.29, 0.717) is 6.04 Å². The molecule has 5 heteroatoms. The van der Waals surface area contributed by atoms with Crippen molar-refractivity contribution in [3.8, 4) is 0 Å². The van der Waals surface area contributed by atoms with Crippen molar-refractivity contribution in [2.24, 2.45) is 0 Å². The third kappa shape index (κ3) is 2.99. The fraction of sp³-hybridized carbons (Fsp3) is 0.533. The second kappa shape index (κ2) is 6.41. The van der Waals surface area contributed by atoms with E-state index in [2.05, 4.69) is 32.8 Å². The van der Waals surface area contributed by atoms with Gasteiger partial charge in [-0.05, 0) is 41.1 Å². The molecule has 20 heavy (non-hydrogen) atoms. The Kier molecular flexibility index (Phi) is 4.58. The number of rotatable bonds is 2. The minimum Gasteiger partial charge on any atom is -0.337 e. The molecule has 4 nitrogen and oxygen atoms in total. The van der Waals surface area contributed by atoms with Gasteiger partial charge in [-0.15, -0.1) is 0 Å². The summed E-state index contributed by atoms with van der Waals surface area (Å²) in [6.07, 6.45) is 1.11. The number of piperazine rings is 1. The van der Waals surface area contributed by atoms with Crippen molar-refractivity contribution in [3.05, 3.63) is 33.4 Å². The number of likely N-dealkylation sites (tertiary alicyclic amines) is 1. The van der Waals surface area contributed by atoms with Gasteiger partial charge >= 0.3 is 0 Å². The Labute approximate surface area is 133 Å². The number of nitrogens with zero attached hydrogens (tertiary/aromatic N) is 2. The largest absolute Gasteiger partial charge is 0.337 e. The van der Waals surface area contributed by atoms with Crippen LogP contribution < -0.4 is 5.32 Å². The average molecular weight is 385 g/mol. The van der Waals surface area contributed by atoms with Crippen LogP contribution in [0.2, 0.25) is 0 Å². The van der Waals surface area contributed by atoms with Crippen molar-refractivity contribution in [2.75, 3.05) is 39.3 Å². The van der Waals surface area contributed by atoms with E-state index in [1.54, 1.807) is 0 Å². The summed E-state index contributed by atoms with van der Waals surface area (Å²) in [5.41, 5.74) is 0.842. The predicted molar refractivity (Wildman–Crippen MR) is 87.9 cm³/mol. The number of hydrogen-bond acceptors (Lipinski definition) is 3. The maximum absolute atomic E-state index is 12.6. The number of hydrogen-bond donors (Lipinski definition) is 1. The van der Waals surface area contributed by atoms with Crippen molar-refractivity contribution < 1.29 is 4.79 Å². The molecule has 2 saturated heterocycles. The Balaban J connectivity index is 1.65. The molecule has 1 unspecified atom stereocenters. The van der Waals surface area contributed by atoms with E-state index >= 15 is 0 Å². The third-order valence-corrected chi connectivity index (χ3v) is 5.16. The molecular weight excluding hydrogens is 365 g/mol. The molecule has 0 aromatic heterocycles. The number of carbonyl (C=O) groups excluding carboxylic acids is 1. The predicted octanol–water partition coefficient (Wildman–Crippen LogP) is 1.41. The van der Waals surface area contributed by atoms with Crippen LogP contribution in [0.5, 0.6) is 0 Å². The Morgan fingerprint density at radius 1 is 1.20 bits per heavy atom. The topological polar surface area (TPSA) is 35.6 Å². The number of carbonyl (C=O) groups is 1. The zero-order chi connectivity index (χ0) is 13.9. The fourth-order valence-electron chi connectivity index (χ4n) is 3.08. The lowest BCUT2D eigenvalue weighted by molar-refractivity contribution is 0.0772. The fourth-order valence-corrected chi connectivity index (χ4v) is 3.69. The molecule has 0 aliphatic carbocycles. The van der Waals surface area contributed by atoms with Gasteiger partial charge in [-0.3, -0.25) is 9.69 Å². The minimum absolute atomic E-state index is 0.188. The van der Waals surface area contributed by atoms with E-state index in [4.69, 9.17) is 0 Å². The molecule has 108 valence electrons. The summed E-state index contributed by atoms with van der Waals surface area (Å²) in [6, 6.07) is 8.40. The SMILES string of the molecule is O=C(c1ccccc1I)N1CCC(N2CCNCC2)C1. The first-order valence-corrected chi connectivity index (χ1v) is 8.32. The van der Waals surface area contributed by atoms with Crippen LogP contribution in [0.1, 0.15) is 16.8 Å². The molecule has 0 saturated carbocycles. The highest BCUT2D eigenvalue weighted by molar-refractivity contribution is 14.1. The van der Waals surface area contributed by atoms with Gasteiger partial charge in [-0.25, -0.2) is 0 Å². The summed E-state index contributed by atoms with van der Waals surface area (Å²) < 4.78 is 1.04. The molecule has 2 aliphatic rings. The van der Waals surface area contributed by atoms with E-state index < -0.39 is 0 Å². The zero-order valence-electron chi connectivity index (χ0n) is 11.5. The van der Waals surface area contributed by atoms with E-state index in [1.165, 1.54) is 0 Å². The molecule has 1 amide bonds. The molecule has 1 atom stereocenters. The molecule has 2 fully saturated rings. The second-order valence-electron chi connectivity index (χ2n) is 5.46. The van der Waals surface area contributed by atoms with Crippen LogP contribution in [0, 0.1) is 3.57 Å². The molecule has 2 heterocycles. The molecule has 0 radical (unpaired) electrons. The Morgan fingerprint density at radius 2 is 1.95 bits per heavy atom. The van der Waals surface area contributed by atoms with Gasteiger partial charge in [-0.1, -0.05) is 12.1 Å². The van der Waals surface area contributed by atoms with E-state index in [0.717, 1.165) is 54.8 Å². The van der Waals surface area contributed by atoms with E-state index in [1.807, 2.05) is 29.2 Å². The van der Waals surface area contributed by atoms with Gasteiger partial charge in [0.05, 0.1) is 5.56 Å². The summed E-state index contributed by atoms with van der Waals surface area (Å²) in [7, 11) is 0. The lowest BCUT2D eigenvalue weighted by atomic mass is 10.2. The van der Waals surface area contributed by atoms with Gasteiger partial charge in [0.2, 0.25) is 0 Å². The second-order valence-corrected chi connectivity index (χ2v) is 6.62. The number of nitrogens with one attached hydrogen (secondary N) is 1. The van der Waals surface area contributed by atoms with Crippen LogP contribution in [-0.2, 0) is 0 Å². The normalized spacial score (nSPS) is 24.1. The molecule has 3 rings (SSSR count). The van der Waals surface area contributed by atoms with Gasteiger partial charge in [0, 0.05) is 48.9 Å². The molecular formula is C15H20IN3O. The molecule has 0 spiro atoms. The zero-order valence-corrected chi connectivity index (χ0v) is 13.7. The summed E-state index contributed by atoms with van der Waals surface area (Å²) in [5.74, 6) is 0.188. The Hall–Kier alpha value is -0.660. The Bertz CT molecular complexity index is 488. The van der Waals surface area contributed by atoms with Crippen molar-refractivity contribution in [1.29, 1.82) is 0 Å². The minimum atomic E-state index is 0.188. The first-order chi connectivity index (χ1) is 9.75. The van der Waals surface area contributed by atoms with Gasteiger partial charge in [0.15, 0.2) is 0 Å². The quantitative estimate of drug-likeness (QED) is 0.783. The van der Waals surface area contributed by atoms with Crippen molar-refractivity contribution in [2.45, 2.75) is 12.5 Å².